The van der Waals surface area contributed by atoms with E-state index in [1.165, 1.54) is 4.31 Å². The fourth-order valence-corrected chi connectivity index (χ4v) is 5.50. The zero-order chi connectivity index (χ0) is 18.9. The molecule has 1 aromatic heterocycles. The second-order valence-corrected chi connectivity index (χ2v) is 8.81. The molecule has 27 heavy (non-hydrogen) atoms. The summed E-state index contributed by atoms with van der Waals surface area (Å²) in [6, 6.07) is 6.23. The highest BCUT2D eigenvalue weighted by atomic mass is 32.2. The van der Waals surface area contributed by atoms with E-state index in [1.54, 1.807) is 30.5 Å². The van der Waals surface area contributed by atoms with E-state index >= 15 is 0 Å². The van der Waals surface area contributed by atoms with Gasteiger partial charge < -0.3 is 10.1 Å². The number of aromatic nitrogens is 2. The predicted molar refractivity (Wildman–Crippen MR) is 97.7 cm³/mol. The molecule has 1 saturated heterocycles. The predicted octanol–water partition coefficient (Wildman–Crippen LogP) is 1.07. The Bertz CT molecular complexity index is 913. The van der Waals surface area contributed by atoms with Gasteiger partial charge >= 0.3 is 0 Å². The molecule has 1 amide bonds. The van der Waals surface area contributed by atoms with Crippen molar-refractivity contribution < 1.29 is 17.9 Å². The summed E-state index contributed by atoms with van der Waals surface area (Å²) >= 11 is 0. The third kappa shape index (κ3) is 3.70. The van der Waals surface area contributed by atoms with Crippen LogP contribution in [0.15, 0.2) is 41.6 Å². The average molecular weight is 390 g/mol. The van der Waals surface area contributed by atoms with Crippen LogP contribution in [0, 0.1) is 0 Å². The number of hydrogen-bond donors (Lipinski definition) is 2. The maximum Gasteiger partial charge on any atom is 0.247 e. The Morgan fingerprint density at radius 3 is 3.04 bits per heavy atom. The molecule has 4 rings (SSSR count). The van der Waals surface area contributed by atoms with Gasteiger partial charge in [0.1, 0.15) is 17.3 Å². The molecule has 2 aromatic rings. The minimum Gasteiger partial charge on any atom is -0.490 e. The van der Waals surface area contributed by atoms with Gasteiger partial charge in [-0.15, -0.1) is 0 Å². The smallest absolute Gasteiger partial charge is 0.247 e. The molecule has 0 unspecified atom stereocenters. The Kier molecular flexibility index (Phi) is 4.88. The van der Waals surface area contributed by atoms with E-state index < -0.39 is 10.0 Å². The summed E-state index contributed by atoms with van der Waals surface area (Å²) in [7, 11) is -3.62. The van der Waals surface area contributed by atoms with Crippen LogP contribution in [-0.2, 0) is 21.2 Å². The summed E-state index contributed by atoms with van der Waals surface area (Å²) in [5, 5.41) is 9.61. The van der Waals surface area contributed by atoms with Crippen molar-refractivity contribution in [2.24, 2.45) is 0 Å². The van der Waals surface area contributed by atoms with Crippen molar-refractivity contribution in [2.45, 2.75) is 42.7 Å². The van der Waals surface area contributed by atoms with Crippen molar-refractivity contribution in [3.8, 4) is 5.75 Å². The molecule has 2 aliphatic heterocycles. The number of sulfonamides is 1. The topological polar surface area (TPSA) is 104 Å². The van der Waals surface area contributed by atoms with Crippen LogP contribution >= 0.6 is 0 Å². The van der Waals surface area contributed by atoms with Crippen LogP contribution in [0.4, 0.5) is 0 Å². The molecular formula is C18H22N4O4S. The Morgan fingerprint density at radius 2 is 2.22 bits per heavy atom. The maximum absolute atomic E-state index is 13.0. The van der Waals surface area contributed by atoms with E-state index in [1.807, 2.05) is 6.20 Å². The number of fused-ring (bicyclic) bond motifs is 2. The van der Waals surface area contributed by atoms with Gasteiger partial charge in [0.25, 0.3) is 0 Å². The number of carbonyl (C=O) groups is 1. The molecule has 2 N–H and O–H groups in total. The van der Waals surface area contributed by atoms with Crippen LogP contribution in [0.1, 0.15) is 24.8 Å². The van der Waals surface area contributed by atoms with E-state index in [9.17, 15) is 13.2 Å². The van der Waals surface area contributed by atoms with Crippen molar-refractivity contribution in [1.82, 2.24) is 19.8 Å². The van der Waals surface area contributed by atoms with E-state index in [4.69, 9.17) is 4.74 Å². The molecule has 0 spiro atoms. The first-order chi connectivity index (χ1) is 13.0. The molecule has 144 valence electrons. The van der Waals surface area contributed by atoms with Crippen molar-refractivity contribution in [3.63, 3.8) is 0 Å². The molecule has 0 saturated carbocycles. The van der Waals surface area contributed by atoms with Gasteiger partial charge in [-0.05, 0) is 37.0 Å². The lowest BCUT2D eigenvalue weighted by atomic mass is 10.1. The summed E-state index contributed by atoms with van der Waals surface area (Å²) in [4.78, 5) is 12.4. The highest BCUT2D eigenvalue weighted by molar-refractivity contribution is 7.89. The zero-order valence-electron chi connectivity index (χ0n) is 14.8. The van der Waals surface area contributed by atoms with E-state index in [0.29, 0.717) is 25.2 Å². The molecule has 2 aliphatic rings. The number of amides is 1. The van der Waals surface area contributed by atoms with Crippen LogP contribution in [0.25, 0.3) is 0 Å². The zero-order valence-corrected chi connectivity index (χ0v) is 15.6. The summed E-state index contributed by atoms with van der Waals surface area (Å²) in [5.41, 5.74) is 1.07. The number of aryl methyl sites for hydroxylation is 1. The molecule has 0 aliphatic carbocycles. The van der Waals surface area contributed by atoms with Gasteiger partial charge in [-0.25, -0.2) is 8.42 Å². The second kappa shape index (κ2) is 7.32. The molecule has 0 bridgehead atoms. The Labute approximate surface area is 158 Å². The molecule has 1 aromatic carbocycles. The van der Waals surface area contributed by atoms with Gasteiger partial charge in [0, 0.05) is 25.2 Å². The van der Waals surface area contributed by atoms with Gasteiger partial charge in [-0.3, -0.25) is 9.89 Å². The quantitative estimate of drug-likeness (QED) is 0.795. The normalized spacial score (nSPS) is 23.7. The number of benzene rings is 1. The minimum atomic E-state index is -3.62. The largest absolute Gasteiger partial charge is 0.490 e. The molecule has 9 heteroatoms. The lowest BCUT2D eigenvalue weighted by Gasteiger charge is -2.19. The molecule has 2 atom stereocenters. The van der Waals surface area contributed by atoms with Crippen LogP contribution in [0.2, 0.25) is 0 Å². The first kappa shape index (κ1) is 18.0. The fraction of sp³-hybridized carbons (Fsp3) is 0.444. The van der Waals surface area contributed by atoms with Crippen molar-refractivity contribution in [2.75, 3.05) is 13.2 Å². The van der Waals surface area contributed by atoms with Gasteiger partial charge in [0.05, 0.1) is 12.2 Å². The highest BCUT2D eigenvalue weighted by Crippen LogP contribution is 2.35. The van der Waals surface area contributed by atoms with Gasteiger partial charge in [-0.1, -0.05) is 12.1 Å². The third-order valence-corrected chi connectivity index (χ3v) is 6.98. The summed E-state index contributed by atoms with van der Waals surface area (Å²) < 4.78 is 33.1. The number of H-pyrrole nitrogens is 1. The number of aromatic amines is 1. The number of para-hydroxylation sites is 1. The van der Waals surface area contributed by atoms with E-state index in [-0.39, 0.29) is 29.4 Å². The van der Waals surface area contributed by atoms with Gasteiger partial charge in [0.15, 0.2) is 0 Å². The van der Waals surface area contributed by atoms with Crippen LogP contribution < -0.4 is 10.1 Å². The first-order valence-electron chi connectivity index (χ1n) is 9.05. The SMILES string of the molecule is O=C(CCCc1cn[nH]c1)N[C@H]1C[C@H]2COc3ccccc3S(=O)(=O)N2C1. The standard InChI is InChI=1S/C18H22N4O4S/c23-18(7-3-4-13-9-19-20-10-13)21-14-8-15-12-26-16-5-1-2-6-17(16)27(24,25)22(15)11-14/h1-2,5-6,9-10,14-15H,3-4,7-8,11-12H2,(H,19,20)(H,21,23)/t14-,15-/m0/s1. The number of nitrogens with zero attached hydrogens (tertiary/aromatic N) is 2. The van der Waals surface area contributed by atoms with Crippen molar-refractivity contribution >= 4 is 15.9 Å². The molecule has 0 radical (unpaired) electrons. The van der Waals surface area contributed by atoms with E-state index in [0.717, 1.165) is 18.4 Å². The molecule has 1 fully saturated rings. The summed E-state index contributed by atoms with van der Waals surface area (Å²) in [6.45, 7) is 0.571. The Hall–Kier alpha value is -2.39. The number of ether oxygens (including phenoxy) is 1. The number of hydrogen-bond acceptors (Lipinski definition) is 5. The number of carbonyl (C=O) groups excluding carboxylic acids is 1. The van der Waals surface area contributed by atoms with Gasteiger partial charge in [0.2, 0.25) is 15.9 Å². The number of nitrogens with one attached hydrogen (secondary N) is 2. The lowest BCUT2D eigenvalue weighted by Crippen LogP contribution is -2.39. The molecule has 3 heterocycles. The van der Waals surface area contributed by atoms with Gasteiger partial charge in [-0.2, -0.15) is 9.40 Å². The summed E-state index contributed by atoms with van der Waals surface area (Å²) in [5.74, 6) is 0.339. The average Bonchev–Trinajstić information content (AvgIpc) is 3.28. The molecule has 8 nitrogen and oxygen atoms in total. The first-order valence-corrected chi connectivity index (χ1v) is 10.5. The minimum absolute atomic E-state index is 0.0557. The van der Waals surface area contributed by atoms with E-state index in [2.05, 4.69) is 15.5 Å². The lowest BCUT2D eigenvalue weighted by molar-refractivity contribution is -0.121. The third-order valence-electron chi connectivity index (χ3n) is 5.02. The van der Waals surface area contributed by atoms with Crippen LogP contribution in [-0.4, -0.2) is 54.1 Å². The Balaban J connectivity index is 1.36. The van der Waals surface area contributed by atoms with Crippen molar-refractivity contribution in [1.29, 1.82) is 0 Å². The fourth-order valence-electron chi connectivity index (χ4n) is 3.70. The van der Waals surface area contributed by atoms with Crippen molar-refractivity contribution in [3.05, 3.63) is 42.2 Å². The highest BCUT2D eigenvalue weighted by Gasteiger charge is 2.43. The molecular weight excluding hydrogens is 368 g/mol. The van der Waals surface area contributed by atoms with Crippen LogP contribution in [0.5, 0.6) is 5.75 Å². The summed E-state index contributed by atoms with van der Waals surface area (Å²) in [6.07, 6.45) is 6.03. The monoisotopic (exact) mass is 390 g/mol. The Morgan fingerprint density at radius 1 is 1.37 bits per heavy atom. The van der Waals surface area contributed by atoms with Crippen LogP contribution in [0.3, 0.4) is 0 Å². The second-order valence-electron chi connectivity index (χ2n) is 6.95. The number of rotatable bonds is 5. The maximum atomic E-state index is 13.0.